The number of thiocarbonyl (C=S) groups is 1. The van der Waals surface area contributed by atoms with Crippen LogP contribution < -0.4 is 16.4 Å². The number of hydrogen-bond acceptors (Lipinski definition) is 2. The summed E-state index contributed by atoms with van der Waals surface area (Å²) in [6, 6.07) is 2.45. The maximum atomic E-state index is 13.4. The van der Waals surface area contributed by atoms with E-state index >= 15 is 0 Å². The molecule has 0 saturated carbocycles. The molecule has 0 atom stereocenters. The largest absolute Gasteiger partial charge is 0.405 e. The van der Waals surface area contributed by atoms with Gasteiger partial charge in [0.05, 0.1) is 11.3 Å². The molecule has 19 heavy (non-hydrogen) atoms. The van der Waals surface area contributed by atoms with E-state index in [1.165, 1.54) is 12.1 Å². The van der Waals surface area contributed by atoms with Gasteiger partial charge in [0.1, 0.15) is 17.4 Å². The monoisotopic (exact) mass is 295 g/mol. The third-order valence-electron chi connectivity index (χ3n) is 1.96. The van der Waals surface area contributed by atoms with Gasteiger partial charge in [0.25, 0.3) is 0 Å². The van der Waals surface area contributed by atoms with Gasteiger partial charge in [-0.3, -0.25) is 0 Å². The standard InChI is InChI=1S/C10H9F4N3OS/c11-5-2-1-3-6(7(5)8(15)19)17-9(18)16-4-10(12,13)14/h1-3H,4H2,(H2,15,19)(H2,16,17,18). The highest BCUT2D eigenvalue weighted by atomic mass is 32.1. The van der Waals surface area contributed by atoms with Gasteiger partial charge in [-0.05, 0) is 12.1 Å². The van der Waals surface area contributed by atoms with Crippen LogP contribution in [-0.4, -0.2) is 23.7 Å². The number of benzene rings is 1. The van der Waals surface area contributed by atoms with E-state index in [-0.39, 0.29) is 16.2 Å². The van der Waals surface area contributed by atoms with Crippen molar-refractivity contribution in [2.75, 3.05) is 11.9 Å². The van der Waals surface area contributed by atoms with Crippen LogP contribution in [0, 0.1) is 5.82 Å². The third kappa shape index (κ3) is 4.70. The molecule has 0 aliphatic heterocycles. The molecule has 4 nitrogen and oxygen atoms in total. The predicted octanol–water partition coefficient (Wildman–Crippen LogP) is 2.14. The Labute approximate surface area is 111 Å². The molecule has 0 unspecified atom stereocenters. The number of amides is 2. The Kier molecular flexibility index (Phi) is 4.65. The molecule has 0 bridgehead atoms. The number of hydrogen-bond donors (Lipinski definition) is 3. The maximum Gasteiger partial charge on any atom is 0.405 e. The number of nitrogens with two attached hydrogens (primary N) is 1. The van der Waals surface area contributed by atoms with Crippen molar-refractivity contribution in [2.45, 2.75) is 6.18 Å². The summed E-state index contributed by atoms with van der Waals surface area (Å²) in [6.07, 6.45) is -4.54. The molecule has 9 heteroatoms. The van der Waals surface area contributed by atoms with Crippen LogP contribution in [0.15, 0.2) is 18.2 Å². The quantitative estimate of drug-likeness (QED) is 0.591. The molecule has 0 aliphatic rings. The fraction of sp³-hybridized carbons (Fsp3) is 0.200. The molecule has 1 aromatic carbocycles. The summed E-state index contributed by atoms with van der Waals surface area (Å²) in [7, 11) is 0. The Balaban J connectivity index is 2.80. The highest BCUT2D eigenvalue weighted by molar-refractivity contribution is 7.80. The van der Waals surface area contributed by atoms with Crippen LogP contribution in [-0.2, 0) is 0 Å². The summed E-state index contributed by atoms with van der Waals surface area (Å²) in [5.41, 5.74) is 4.93. The summed E-state index contributed by atoms with van der Waals surface area (Å²) in [5.74, 6) is -0.777. The zero-order valence-electron chi connectivity index (χ0n) is 9.34. The average molecular weight is 295 g/mol. The number of alkyl halides is 3. The van der Waals surface area contributed by atoms with Crippen LogP contribution in [0.2, 0.25) is 0 Å². The van der Waals surface area contributed by atoms with Gasteiger partial charge >= 0.3 is 12.2 Å². The zero-order valence-corrected chi connectivity index (χ0v) is 10.2. The van der Waals surface area contributed by atoms with Crippen molar-refractivity contribution in [1.82, 2.24) is 5.32 Å². The second-order valence-electron chi connectivity index (χ2n) is 3.45. The molecule has 0 heterocycles. The molecule has 4 N–H and O–H groups in total. The molecule has 0 aliphatic carbocycles. The van der Waals surface area contributed by atoms with Crippen LogP contribution in [0.4, 0.5) is 28.0 Å². The molecule has 2 amide bonds. The number of carbonyl (C=O) groups excluding carboxylic acids is 1. The zero-order chi connectivity index (χ0) is 14.6. The molecule has 0 spiro atoms. The number of carbonyl (C=O) groups is 1. The Bertz CT molecular complexity index is 504. The SMILES string of the molecule is NC(=S)c1c(F)cccc1NC(=O)NCC(F)(F)F. The normalized spacial score (nSPS) is 10.9. The topological polar surface area (TPSA) is 67.1 Å². The van der Waals surface area contributed by atoms with E-state index in [4.69, 9.17) is 5.73 Å². The van der Waals surface area contributed by atoms with Crippen LogP contribution in [0.1, 0.15) is 5.56 Å². The molecule has 1 rings (SSSR count). The smallest absolute Gasteiger partial charge is 0.389 e. The van der Waals surface area contributed by atoms with Crippen molar-refractivity contribution in [1.29, 1.82) is 0 Å². The predicted molar refractivity (Wildman–Crippen MR) is 65.4 cm³/mol. The van der Waals surface area contributed by atoms with Crippen molar-refractivity contribution in [3.63, 3.8) is 0 Å². The van der Waals surface area contributed by atoms with Crippen LogP contribution in [0.25, 0.3) is 0 Å². The first-order valence-electron chi connectivity index (χ1n) is 4.90. The number of anilines is 1. The van der Waals surface area contributed by atoms with Gasteiger partial charge in [-0.25, -0.2) is 9.18 Å². The molecule has 0 fully saturated rings. The fourth-order valence-electron chi connectivity index (χ4n) is 1.23. The third-order valence-corrected chi connectivity index (χ3v) is 2.16. The Hall–Kier alpha value is -1.90. The maximum absolute atomic E-state index is 13.4. The Morgan fingerprint density at radius 3 is 2.53 bits per heavy atom. The summed E-state index contributed by atoms with van der Waals surface area (Å²) in [5, 5.41) is 3.62. The van der Waals surface area contributed by atoms with Crippen molar-refractivity contribution in [3.8, 4) is 0 Å². The minimum atomic E-state index is -4.54. The summed E-state index contributed by atoms with van der Waals surface area (Å²) < 4.78 is 49.1. The Morgan fingerprint density at radius 1 is 1.37 bits per heavy atom. The number of halogens is 4. The first kappa shape index (κ1) is 15.2. The van der Waals surface area contributed by atoms with Crippen molar-refractivity contribution >= 4 is 28.9 Å². The van der Waals surface area contributed by atoms with Gasteiger partial charge in [0.2, 0.25) is 0 Å². The molecule has 0 aromatic heterocycles. The minimum Gasteiger partial charge on any atom is -0.389 e. The van der Waals surface area contributed by atoms with Crippen molar-refractivity contribution in [2.24, 2.45) is 5.73 Å². The van der Waals surface area contributed by atoms with Gasteiger partial charge in [-0.15, -0.1) is 0 Å². The minimum absolute atomic E-state index is 0.104. The lowest BCUT2D eigenvalue weighted by atomic mass is 10.1. The summed E-state index contributed by atoms with van der Waals surface area (Å²) in [6.45, 7) is -1.50. The molecule has 104 valence electrons. The second-order valence-corrected chi connectivity index (χ2v) is 3.89. The summed E-state index contributed by atoms with van der Waals surface area (Å²) >= 11 is 4.60. The van der Waals surface area contributed by atoms with E-state index in [0.717, 1.165) is 6.07 Å². The molecular weight excluding hydrogens is 286 g/mol. The summed E-state index contributed by atoms with van der Waals surface area (Å²) in [4.78, 5) is 10.9. The molecule has 1 aromatic rings. The van der Waals surface area contributed by atoms with E-state index in [1.54, 1.807) is 5.32 Å². The van der Waals surface area contributed by atoms with E-state index in [9.17, 15) is 22.4 Å². The van der Waals surface area contributed by atoms with Crippen LogP contribution in [0.5, 0.6) is 0 Å². The van der Waals surface area contributed by atoms with E-state index in [0.29, 0.717) is 0 Å². The van der Waals surface area contributed by atoms with Gasteiger partial charge < -0.3 is 16.4 Å². The number of rotatable bonds is 3. The Morgan fingerprint density at radius 2 is 2.00 bits per heavy atom. The average Bonchev–Trinajstić information content (AvgIpc) is 2.25. The van der Waals surface area contributed by atoms with Gasteiger partial charge in [0, 0.05) is 0 Å². The lowest BCUT2D eigenvalue weighted by Gasteiger charge is -2.12. The van der Waals surface area contributed by atoms with Crippen molar-refractivity contribution < 1.29 is 22.4 Å². The van der Waals surface area contributed by atoms with Gasteiger partial charge in [0.15, 0.2) is 0 Å². The van der Waals surface area contributed by atoms with Crippen molar-refractivity contribution in [3.05, 3.63) is 29.6 Å². The van der Waals surface area contributed by atoms with Crippen LogP contribution >= 0.6 is 12.2 Å². The highest BCUT2D eigenvalue weighted by Gasteiger charge is 2.27. The van der Waals surface area contributed by atoms with E-state index in [1.807, 2.05) is 5.32 Å². The number of urea groups is 1. The molecule has 0 radical (unpaired) electrons. The van der Waals surface area contributed by atoms with Gasteiger partial charge in [-0.2, -0.15) is 13.2 Å². The number of nitrogens with one attached hydrogen (secondary N) is 2. The van der Waals surface area contributed by atoms with Crippen LogP contribution in [0.3, 0.4) is 0 Å². The first-order valence-corrected chi connectivity index (χ1v) is 5.31. The lowest BCUT2D eigenvalue weighted by Crippen LogP contribution is -2.37. The van der Waals surface area contributed by atoms with E-state index < -0.39 is 24.6 Å². The lowest BCUT2D eigenvalue weighted by molar-refractivity contribution is -0.122. The molecular formula is C10H9F4N3OS. The molecule has 0 saturated heterocycles. The first-order chi connectivity index (χ1) is 8.70. The van der Waals surface area contributed by atoms with E-state index in [2.05, 4.69) is 12.2 Å². The fourth-order valence-corrected chi connectivity index (χ4v) is 1.43. The second kappa shape index (κ2) is 5.83. The van der Waals surface area contributed by atoms with Gasteiger partial charge in [-0.1, -0.05) is 18.3 Å². The highest BCUT2D eigenvalue weighted by Crippen LogP contribution is 2.19.